The Morgan fingerprint density at radius 2 is 1.93 bits per heavy atom. The summed E-state index contributed by atoms with van der Waals surface area (Å²) in [6, 6.07) is 0. The fraction of sp³-hybridized carbons (Fsp3) is 0.737. The van der Waals surface area contributed by atoms with E-state index in [1.54, 1.807) is 27.7 Å². The van der Waals surface area contributed by atoms with Crippen molar-refractivity contribution in [3.8, 4) is 0 Å². The zero-order chi connectivity index (χ0) is 21.4. The van der Waals surface area contributed by atoms with Crippen LogP contribution in [0.4, 0.5) is 4.79 Å². The van der Waals surface area contributed by atoms with E-state index in [1.165, 1.54) is 14.0 Å². The number of hydrogen-bond acceptors (Lipinski definition) is 7. The van der Waals surface area contributed by atoms with Crippen LogP contribution < -0.4 is 11.4 Å². The van der Waals surface area contributed by atoms with E-state index < -0.39 is 17.7 Å². The predicted molar refractivity (Wildman–Crippen MR) is 104 cm³/mol. The lowest BCUT2D eigenvalue weighted by Crippen LogP contribution is -2.52. The van der Waals surface area contributed by atoms with Crippen molar-refractivity contribution in [2.24, 2.45) is 11.1 Å². The van der Waals surface area contributed by atoms with Crippen molar-refractivity contribution in [1.29, 1.82) is 0 Å². The van der Waals surface area contributed by atoms with Crippen molar-refractivity contribution in [3.05, 3.63) is 21.9 Å². The maximum absolute atomic E-state index is 13.1. The first-order valence-corrected chi connectivity index (χ1v) is 9.86. The SMILES string of the molecule is CCOC(=O)c1c2n(c(=O)n1CC1(CN)COC1)CCN(C(=O)OC(C)(C)C)C2. The van der Waals surface area contributed by atoms with Crippen LogP contribution in [0.5, 0.6) is 0 Å². The first-order valence-electron chi connectivity index (χ1n) is 9.86. The van der Waals surface area contributed by atoms with Gasteiger partial charge in [0, 0.05) is 31.6 Å². The van der Waals surface area contributed by atoms with Gasteiger partial charge in [0.1, 0.15) is 5.60 Å². The Kier molecular flexibility index (Phi) is 5.77. The van der Waals surface area contributed by atoms with Crippen molar-refractivity contribution in [2.75, 3.05) is 32.9 Å². The summed E-state index contributed by atoms with van der Waals surface area (Å²) in [6.07, 6.45) is -0.482. The average molecular weight is 410 g/mol. The molecule has 0 spiro atoms. The third kappa shape index (κ3) is 4.18. The van der Waals surface area contributed by atoms with E-state index in [2.05, 4.69) is 0 Å². The molecule has 0 radical (unpaired) electrons. The molecule has 2 aliphatic rings. The van der Waals surface area contributed by atoms with E-state index in [-0.39, 0.29) is 43.0 Å². The third-order valence-corrected chi connectivity index (χ3v) is 5.13. The Labute approximate surface area is 169 Å². The van der Waals surface area contributed by atoms with Gasteiger partial charge < -0.3 is 24.8 Å². The number of imidazole rings is 1. The predicted octanol–water partition coefficient (Wildman–Crippen LogP) is 0.553. The molecule has 10 nitrogen and oxygen atoms in total. The van der Waals surface area contributed by atoms with Crippen molar-refractivity contribution in [3.63, 3.8) is 0 Å². The fourth-order valence-electron chi connectivity index (χ4n) is 3.57. The number of hydrogen-bond donors (Lipinski definition) is 1. The molecule has 0 aromatic carbocycles. The van der Waals surface area contributed by atoms with Crippen LogP contribution in [0.3, 0.4) is 0 Å². The molecule has 10 heteroatoms. The molecule has 1 fully saturated rings. The Balaban J connectivity index is 1.97. The standard InChI is InChI=1S/C19H30N4O6/c1-5-28-15(24)14-13-8-21(17(26)29-18(2,3)4)6-7-22(13)16(25)23(14)10-19(9-20)11-27-12-19/h5-12,20H2,1-4H3. The number of esters is 1. The minimum atomic E-state index is -0.637. The summed E-state index contributed by atoms with van der Waals surface area (Å²) in [6.45, 7) is 9.42. The number of carbonyl (C=O) groups is 2. The van der Waals surface area contributed by atoms with Crippen LogP contribution in [0.2, 0.25) is 0 Å². The maximum atomic E-state index is 13.1. The van der Waals surface area contributed by atoms with E-state index in [0.717, 1.165) is 0 Å². The molecule has 3 heterocycles. The molecule has 0 unspecified atom stereocenters. The van der Waals surface area contributed by atoms with Gasteiger partial charge in [-0.1, -0.05) is 0 Å². The van der Waals surface area contributed by atoms with Gasteiger partial charge in [-0.05, 0) is 27.7 Å². The number of fused-ring (bicyclic) bond motifs is 1. The molecule has 162 valence electrons. The van der Waals surface area contributed by atoms with Gasteiger partial charge in [-0.3, -0.25) is 9.13 Å². The van der Waals surface area contributed by atoms with Crippen molar-refractivity contribution in [1.82, 2.24) is 14.0 Å². The third-order valence-electron chi connectivity index (χ3n) is 5.13. The van der Waals surface area contributed by atoms with Crippen molar-refractivity contribution >= 4 is 12.1 Å². The van der Waals surface area contributed by atoms with Gasteiger partial charge in [-0.15, -0.1) is 0 Å². The number of nitrogens with zero attached hydrogens (tertiary/aromatic N) is 3. The molecule has 3 rings (SSSR count). The molecule has 29 heavy (non-hydrogen) atoms. The Morgan fingerprint density at radius 1 is 1.24 bits per heavy atom. The van der Waals surface area contributed by atoms with Gasteiger partial charge in [0.15, 0.2) is 5.69 Å². The van der Waals surface area contributed by atoms with Crippen LogP contribution in [0, 0.1) is 5.41 Å². The van der Waals surface area contributed by atoms with E-state index in [0.29, 0.717) is 32.0 Å². The van der Waals surface area contributed by atoms with Crippen LogP contribution in [-0.4, -0.2) is 64.6 Å². The van der Waals surface area contributed by atoms with E-state index in [9.17, 15) is 14.4 Å². The van der Waals surface area contributed by atoms with Gasteiger partial charge in [0.05, 0.1) is 32.1 Å². The lowest BCUT2D eigenvalue weighted by molar-refractivity contribution is -0.116. The second kappa shape index (κ2) is 7.83. The highest BCUT2D eigenvalue weighted by Gasteiger charge is 2.41. The molecule has 2 aliphatic heterocycles. The quantitative estimate of drug-likeness (QED) is 0.704. The van der Waals surface area contributed by atoms with E-state index >= 15 is 0 Å². The zero-order valence-electron chi connectivity index (χ0n) is 17.5. The lowest BCUT2D eigenvalue weighted by Gasteiger charge is -2.40. The average Bonchev–Trinajstić information content (AvgIpc) is 2.88. The van der Waals surface area contributed by atoms with Gasteiger partial charge in [0.2, 0.25) is 0 Å². The lowest BCUT2D eigenvalue weighted by atomic mass is 9.86. The van der Waals surface area contributed by atoms with E-state index in [4.69, 9.17) is 19.9 Å². The number of aromatic nitrogens is 2. The molecule has 0 aliphatic carbocycles. The summed E-state index contributed by atoms with van der Waals surface area (Å²) >= 11 is 0. The number of ether oxygens (including phenoxy) is 3. The van der Waals surface area contributed by atoms with Gasteiger partial charge >= 0.3 is 17.8 Å². The molecule has 0 saturated carbocycles. The van der Waals surface area contributed by atoms with Crippen LogP contribution in [0.25, 0.3) is 0 Å². The number of nitrogens with two attached hydrogens (primary N) is 1. The summed E-state index contributed by atoms with van der Waals surface area (Å²) in [7, 11) is 0. The molecular formula is C19H30N4O6. The second-order valence-corrected chi connectivity index (χ2v) is 8.63. The van der Waals surface area contributed by atoms with Crippen LogP contribution in [0.15, 0.2) is 4.79 Å². The van der Waals surface area contributed by atoms with Gasteiger partial charge in [-0.2, -0.15) is 0 Å². The fourth-order valence-corrected chi connectivity index (χ4v) is 3.57. The molecule has 1 aromatic heterocycles. The molecule has 2 N–H and O–H groups in total. The number of amides is 1. The van der Waals surface area contributed by atoms with Crippen molar-refractivity contribution in [2.45, 2.75) is 52.9 Å². The summed E-state index contributed by atoms with van der Waals surface area (Å²) in [5.41, 5.74) is 5.22. The summed E-state index contributed by atoms with van der Waals surface area (Å²) < 4.78 is 18.9. The van der Waals surface area contributed by atoms with Crippen LogP contribution in [-0.2, 0) is 33.8 Å². The summed E-state index contributed by atoms with van der Waals surface area (Å²) in [4.78, 5) is 39.8. The molecule has 1 saturated heterocycles. The first kappa shape index (κ1) is 21.4. The maximum Gasteiger partial charge on any atom is 0.410 e. The highest BCUT2D eigenvalue weighted by atomic mass is 16.6. The smallest absolute Gasteiger partial charge is 0.410 e. The highest BCUT2D eigenvalue weighted by molar-refractivity contribution is 5.89. The molecule has 0 atom stereocenters. The first-order chi connectivity index (χ1) is 13.6. The topological polar surface area (TPSA) is 118 Å². The Morgan fingerprint density at radius 3 is 2.45 bits per heavy atom. The number of carbonyl (C=O) groups excluding carboxylic acids is 2. The molecular weight excluding hydrogens is 380 g/mol. The van der Waals surface area contributed by atoms with E-state index in [1.807, 2.05) is 0 Å². The largest absolute Gasteiger partial charge is 0.461 e. The second-order valence-electron chi connectivity index (χ2n) is 8.63. The number of rotatable bonds is 5. The Hall–Kier alpha value is -2.33. The van der Waals surface area contributed by atoms with Crippen LogP contribution >= 0.6 is 0 Å². The molecule has 1 amide bonds. The summed E-state index contributed by atoms with van der Waals surface area (Å²) in [5.74, 6) is -0.586. The van der Waals surface area contributed by atoms with Gasteiger partial charge in [0.25, 0.3) is 0 Å². The molecule has 0 bridgehead atoms. The Bertz CT molecular complexity index is 841. The molecule has 1 aromatic rings. The summed E-state index contributed by atoms with van der Waals surface area (Å²) in [5, 5.41) is 0. The van der Waals surface area contributed by atoms with Gasteiger partial charge in [-0.25, -0.2) is 14.4 Å². The normalized spacial score (nSPS) is 18.0. The monoisotopic (exact) mass is 410 g/mol. The minimum absolute atomic E-state index is 0.0947. The zero-order valence-corrected chi connectivity index (χ0v) is 17.5. The highest BCUT2D eigenvalue weighted by Crippen LogP contribution is 2.29. The minimum Gasteiger partial charge on any atom is -0.461 e. The van der Waals surface area contributed by atoms with Crippen molar-refractivity contribution < 1.29 is 23.8 Å². The van der Waals surface area contributed by atoms with Crippen LogP contribution in [0.1, 0.15) is 43.9 Å².